The number of carbonyl (C=O) groups is 3. The van der Waals surface area contributed by atoms with Crippen molar-refractivity contribution in [3.05, 3.63) is 90.5 Å². The molecule has 2 heterocycles. The van der Waals surface area contributed by atoms with Crippen LogP contribution in [-0.2, 0) is 9.59 Å². The highest BCUT2D eigenvalue weighted by Gasteiger charge is 2.44. The average molecular weight is 675 g/mol. The van der Waals surface area contributed by atoms with E-state index in [0.29, 0.717) is 35.9 Å². The summed E-state index contributed by atoms with van der Waals surface area (Å²) in [5, 5.41) is 13.8. The molecule has 0 spiro atoms. The number of amides is 2. The molecular weight excluding hydrogens is 628 g/mol. The molecule has 2 aliphatic rings. The Morgan fingerprint density at radius 1 is 0.960 bits per heavy atom. The molecule has 0 bridgehead atoms. The van der Waals surface area contributed by atoms with Gasteiger partial charge in [-0.1, -0.05) is 36.4 Å². The molecule has 2 unspecified atom stereocenters. The number of rotatable bonds is 13. The maximum absolute atomic E-state index is 14.0. The molecule has 1 saturated carbocycles. The van der Waals surface area contributed by atoms with Gasteiger partial charge in [-0.15, -0.1) is 0 Å². The van der Waals surface area contributed by atoms with Crippen molar-refractivity contribution in [3.63, 3.8) is 0 Å². The molecule has 260 valence electrons. The third-order valence-corrected chi connectivity index (χ3v) is 9.76. The molecule has 10 nitrogen and oxygen atoms in total. The second-order valence-corrected chi connectivity index (χ2v) is 13.4. The lowest BCUT2D eigenvalue weighted by atomic mass is 9.82. The highest BCUT2D eigenvalue weighted by atomic mass is 16.5. The van der Waals surface area contributed by atoms with Gasteiger partial charge in [0.2, 0.25) is 5.91 Å². The molecule has 10 heteroatoms. The quantitative estimate of drug-likeness (QED) is 0.151. The fourth-order valence-corrected chi connectivity index (χ4v) is 7.08. The summed E-state index contributed by atoms with van der Waals surface area (Å²) in [6.07, 6.45) is 3.66. The van der Waals surface area contributed by atoms with Crippen LogP contribution in [0.1, 0.15) is 56.3 Å². The van der Waals surface area contributed by atoms with Crippen LogP contribution in [0.4, 0.5) is 17.2 Å². The van der Waals surface area contributed by atoms with Crippen LogP contribution in [0.5, 0.6) is 5.75 Å². The number of benzene rings is 3. The first-order valence-electron chi connectivity index (χ1n) is 17.5. The third kappa shape index (κ3) is 7.80. The van der Waals surface area contributed by atoms with Gasteiger partial charge in [-0.25, -0.2) is 9.99 Å². The van der Waals surface area contributed by atoms with Gasteiger partial charge in [0, 0.05) is 61.5 Å². The van der Waals surface area contributed by atoms with Crippen LogP contribution in [-0.4, -0.2) is 61.6 Å². The van der Waals surface area contributed by atoms with E-state index in [-0.39, 0.29) is 36.0 Å². The lowest BCUT2D eigenvalue weighted by molar-refractivity contribution is -0.131. The van der Waals surface area contributed by atoms with E-state index in [1.54, 1.807) is 43.3 Å². The van der Waals surface area contributed by atoms with E-state index in [9.17, 15) is 14.4 Å². The summed E-state index contributed by atoms with van der Waals surface area (Å²) in [6, 6.07) is 26.6. The number of hydrazone groups is 1. The first-order chi connectivity index (χ1) is 24.2. The molecule has 1 fully saturated rings. The molecular formula is C40H46N6O4. The maximum Gasteiger partial charge on any atom is 0.257 e. The molecule has 3 aromatic carbocycles. The van der Waals surface area contributed by atoms with E-state index in [1.165, 1.54) is 5.01 Å². The first kappa shape index (κ1) is 34.6. The SMILES string of the molecule is CCOc1ccc(C(=O)CC(C(=O)NCC2CCC(Nc3cc(N(C)C)c4ccccc4n3)CC2)C2C(=O)N(c3ccccc3)N=C2C)cc1. The third-order valence-electron chi connectivity index (χ3n) is 9.76. The first-order valence-corrected chi connectivity index (χ1v) is 17.5. The summed E-state index contributed by atoms with van der Waals surface area (Å²) in [5.74, 6) is -0.738. The van der Waals surface area contributed by atoms with Crippen molar-refractivity contribution in [1.82, 2.24) is 10.3 Å². The Kier molecular flexibility index (Phi) is 10.7. The predicted molar refractivity (Wildman–Crippen MR) is 199 cm³/mol. The summed E-state index contributed by atoms with van der Waals surface area (Å²) in [4.78, 5) is 48.3. The molecule has 1 aliphatic carbocycles. The Morgan fingerprint density at radius 2 is 1.66 bits per heavy atom. The van der Waals surface area contributed by atoms with E-state index in [0.717, 1.165) is 48.1 Å². The van der Waals surface area contributed by atoms with Gasteiger partial charge in [0.15, 0.2) is 5.78 Å². The van der Waals surface area contributed by atoms with Crippen LogP contribution in [0.3, 0.4) is 0 Å². The minimum Gasteiger partial charge on any atom is -0.494 e. The van der Waals surface area contributed by atoms with E-state index in [4.69, 9.17) is 9.72 Å². The lowest BCUT2D eigenvalue weighted by Crippen LogP contribution is -2.44. The van der Waals surface area contributed by atoms with Crippen molar-refractivity contribution in [3.8, 4) is 5.75 Å². The van der Waals surface area contributed by atoms with Crippen molar-refractivity contribution in [2.24, 2.45) is 22.9 Å². The van der Waals surface area contributed by atoms with Gasteiger partial charge < -0.3 is 20.3 Å². The highest BCUT2D eigenvalue weighted by molar-refractivity contribution is 6.17. The number of nitrogens with zero attached hydrogens (tertiary/aromatic N) is 4. The van der Waals surface area contributed by atoms with Crippen molar-refractivity contribution in [2.75, 3.05) is 42.5 Å². The number of fused-ring (bicyclic) bond motifs is 1. The fraction of sp³-hybridized carbons (Fsp3) is 0.375. The Bertz CT molecular complexity index is 1850. The number of pyridine rings is 1. The molecule has 0 radical (unpaired) electrons. The lowest BCUT2D eigenvalue weighted by Gasteiger charge is -2.30. The minimum absolute atomic E-state index is 0.115. The van der Waals surface area contributed by atoms with Crippen molar-refractivity contribution in [1.29, 1.82) is 0 Å². The van der Waals surface area contributed by atoms with Gasteiger partial charge in [-0.2, -0.15) is 5.10 Å². The van der Waals surface area contributed by atoms with Gasteiger partial charge in [0.05, 0.1) is 29.6 Å². The van der Waals surface area contributed by atoms with E-state index in [2.05, 4.69) is 32.8 Å². The molecule has 2 atom stereocenters. The van der Waals surface area contributed by atoms with Gasteiger partial charge >= 0.3 is 0 Å². The Morgan fingerprint density at radius 3 is 2.36 bits per heavy atom. The van der Waals surface area contributed by atoms with Crippen molar-refractivity contribution in [2.45, 2.75) is 52.0 Å². The zero-order chi connectivity index (χ0) is 35.2. The predicted octanol–water partition coefficient (Wildman–Crippen LogP) is 6.71. The number of ether oxygens (including phenoxy) is 1. The van der Waals surface area contributed by atoms with E-state index in [1.807, 2.05) is 57.4 Å². The number of Topliss-reactive ketones (excluding diaryl/α,β-unsaturated/α-hetero) is 1. The molecule has 50 heavy (non-hydrogen) atoms. The monoisotopic (exact) mass is 674 g/mol. The Balaban J connectivity index is 1.11. The fourth-order valence-electron chi connectivity index (χ4n) is 7.08. The summed E-state index contributed by atoms with van der Waals surface area (Å²) < 4.78 is 5.53. The number of para-hydroxylation sites is 2. The molecule has 2 amide bonds. The van der Waals surface area contributed by atoms with Crippen LogP contribution < -0.4 is 25.3 Å². The molecule has 2 N–H and O–H groups in total. The largest absolute Gasteiger partial charge is 0.494 e. The number of carbonyl (C=O) groups excluding carboxylic acids is 3. The second-order valence-electron chi connectivity index (χ2n) is 13.4. The number of hydrogen-bond donors (Lipinski definition) is 2. The molecule has 6 rings (SSSR count). The van der Waals surface area contributed by atoms with Crippen LogP contribution in [0.2, 0.25) is 0 Å². The molecule has 4 aromatic rings. The van der Waals surface area contributed by atoms with Crippen LogP contribution >= 0.6 is 0 Å². The average Bonchev–Trinajstić information content (AvgIpc) is 3.43. The molecule has 1 aliphatic heterocycles. The number of aromatic nitrogens is 1. The van der Waals surface area contributed by atoms with Gasteiger partial charge in [0.1, 0.15) is 11.6 Å². The van der Waals surface area contributed by atoms with E-state index < -0.39 is 11.8 Å². The summed E-state index contributed by atoms with van der Waals surface area (Å²) >= 11 is 0. The summed E-state index contributed by atoms with van der Waals surface area (Å²) in [5.41, 5.74) is 3.69. The summed E-state index contributed by atoms with van der Waals surface area (Å²) in [6.45, 7) is 4.66. The van der Waals surface area contributed by atoms with Crippen molar-refractivity contribution < 1.29 is 19.1 Å². The molecule has 1 aromatic heterocycles. The molecule has 0 saturated heterocycles. The maximum atomic E-state index is 14.0. The number of nitrogens with one attached hydrogen (secondary N) is 2. The zero-order valence-electron chi connectivity index (χ0n) is 29.3. The number of anilines is 3. The van der Waals surface area contributed by atoms with Gasteiger partial charge in [-0.3, -0.25) is 14.4 Å². The number of ketones is 1. The summed E-state index contributed by atoms with van der Waals surface area (Å²) in [7, 11) is 4.09. The van der Waals surface area contributed by atoms with Gasteiger partial charge in [-0.05, 0) is 87.9 Å². The van der Waals surface area contributed by atoms with Crippen LogP contribution in [0, 0.1) is 17.8 Å². The Labute approximate surface area is 293 Å². The van der Waals surface area contributed by atoms with Crippen LogP contribution in [0.15, 0.2) is 90.0 Å². The van der Waals surface area contributed by atoms with E-state index >= 15 is 0 Å². The standard InChI is InChI=1S/C40H46N6O4/c1-5-50-31-21-17-28(18-22-31)36(47)23-33(38-26(2)44-46(40(38)49)30-11-7-6-8-12-30)39(48)41-25-27-15-19-29(20-16-27)42-37-24-35(45(3)4)32-13-9-10-14-34(32)43-37/h6-14,17-18,21-22,24,27,29,33,38H,5,15-16,19-20,23,25H2,1-4H3,(H,41,48)(H,42,43). The minimum atomic E-state index is -0.901. The zero-order valence-corrected chi connectivity index (χ0v) is 29.3. The van der Waals surface area contributed by atoms with Crippen molar-refractivity contribution >= 4 is 51.4 Å². The van der Waals surface area contributed by atoms with Gasteiger partial charge in [0.25, 0.3) is 5.91 Å². The smallest absolute Gasteiger partial charge is 0.257 e. The van der Waals surface area contributed by atoms with Crippen LogP contribution in [0.25, 0.3) is 10.9 Å². The Hall–Kier alpha value is -5.25. The normalized spacial score (nSPS) is 19.5. The second kappa shape index (κ2) is 15.5. The number of hydrogen-bond acceptors (Lipinski definition) is 8. The topological polar surface area (TPSA) is 116 Å². The highest BCUT2D eigenvalue weighted by Crippen LogP contribution is 2.33.